The first-order valence-electron chi connectivity index (χ1n) is 6.48. The number of hydrogen-bond acceptors (Lipinski definition) is 3. The van der Waals surface area contributed by atoms with Gasteiger partial charge in [-0.1, -0.05) is 12.1 Å². The van der Waals surface area contributed by atoms with Crippen LogP contribution in [-0.4, -0.2) is 35.3 Å². The lowest BCUT2D eigenvalue weighted by Crippen LogP contribution is -2.19. The molecular weight excluding hydrogens is 268 g/mol. The Balaban J connectivity index is 2.33. The molecule has 0 saturated carbocycles. The summed E-state index contributed by atoms with van der Waals surface area (Å²) >= 11 is 0. The third-order valence-corrected chi connectivity index (χ3v) is 3.17. The molecule has 3 aromatic rings. The molecular formula is C15H15N4O2+. The summed E-state index contributed by atoms with van der Waals surface area (Å²) in [5.41, 5.74) is 2.33. The number of nitrogens with zero attached hydrogens (tertiary/aromatic N) is 4. The highest BCUT2D eigenvalue weighted by Gasteiger charge is 2.17. The van der Waals surface area contributed by atoms with Gasteiger partial charge in [-0.05, 0) is 18.2 Å². The smallest absolute Gasteiger partial charge is 0.290 e. The van der Waals surface area contributed by atoms with E-state index in [9.17, 15) is 10.1 Å². The lowest BCUT2D eigenvalue weighted by molar-refractivity contribution is -0.433. The fraction of sp³-hybridized carbons (Fsp3) is 0.133. The molecule has 0 atom stereocenters. The van der Waals surface area contributed by atoms with Crippen molar-refractivity contribution in [2.45, 2.75) is 0 Å². The van der Waals surface area contributed by atoms with Gasteiger partial charge >= 0.3 is 0 Å². The van der Waals surface area contributed by atoms with Gasteiger partial charge in [-0.25, -0.2) is 4.99 Å². The minimum Gasteiger partial charge on any atom is -0.427 e. The fourth-order valence-corrected chi connectivity index (χ4v) is 2.19. The Morgan fingerprint density at radius 1 is 1.14 bits per heavy atom. The number of rotatable bonds is 2. The zero-order valence-corrected chi connectivity index (χ0v) is 11.8. The molecule has 0 aliphatic carbocycles. The highest BCUT2D eigenvalue weighted by Crippen LogP contribution is 2.21. The van der Waals surface area contributed by atoms with Gasteiger partial charge in [0.05, 0.1) is 16.5 Å². The summed E-state index contributed by atoms with van der Waals surface area (Å²) in [5, 5.41) is 10.3. The second-order valence-electron chi connectivity index (χ2n) is 4.98. The number of aliphatic imine (C=N–C) groups is 1. The first-order chi connectivity index (χ1) is 10.1. The van der Waals surface area contributed by atoms with E-state index in [1.54, 1.807) is 48.8 Å². The van der Waals surface area contributed by atoms with Crippen LogP contribution >= 0.6 is 0 Å². The third-order valence-electron chi connectivity index (χ3n) is 3.17. The molecule has 0 radical (unpaired) electrons. The van der Waals surface area contributed by atoms with Crippen LogP contribution in [0.25, 0.3) is 22.1 Å². The average Bonchev–Trinajstić information content (AvgIpc) is 2.50. The van der Waals surface area contributed by atoms with E-state index in [1.807, 2.05) is 19.0 Å². The highest BCUT2D eigenvalue weighted by molar-refractivity contribution is 5.84. The molecule has 0 unspecified atom stereocenters. The molecule has 1 heterocycles. The summed E-state index contributed by atoms with van der Waals surface area (Å²) in [4.78, 5) is 18.4. The number of benzene rings is 2. The van der Waals surface area contributed by atoms with Gasteiger partial charge in [-0.2, -0.15) is 4.73 Å². The molecule has 6 nitrogen and oxygen atoms in total. The van der Waals surface area contributed by atoms with E-state index in [2.05, 4.69) is 4.99 Å². The molecule has 0 aliphatic heterocycles. The van der Waals surface area contributed by atoms with Crippen LogP contribution in [0.15, 0.2) is 47.5 Å². The van der Waals surface area contributed by atoms with Gasteiger partial charge in [0, 0.05) is 31.1 Å². The van der Waals surface area contributed by atoms with E-state index in [1.165, 1.54) is 0 Å². The summed E-state index contributed by atoms with van der Waals surface area (Å²) in [6, 6.07) is 12.0. The Morgan fingerprint density at radius 2 is 1.86 bits per heavy atom. The van der Waals surface area contributed by atoms with Crippen molar-refractivity contribution in [1.29, 1.82) is 0 Å². The van der Waals surface area contributed by atoms with Crippen molar-refractivity contribution in [3.8, 4) is 0 Å². The molecule has 0 saturated heterocycles. The summed E-state index contributed by atoms with van der Waals surface area (Å²) < 4.78 is 1.84. The van der Waals surface area contributed by atoms with Crippen molar-refractivity contribution in [2.75, 3.05) is 14.1 Å². The Morgan fingerprint density at radius 3 is 2.62 bits per heavy atom. The summed E-state index contributed by atoms with van der Waals surface area (Å²) in [7, 11) is 3.74. The normalized spacial score (nSPS) is 11.5. The van der Waals surface area contributed by atoms with E-state index in [-0.39, 0.29) is 0 Å². The van der Waals surface area contributed by atoms with Crippen LogP contribution in [0, 0.1) is 4.91 Å². The van der Waals surface area contributed by atoms with Gasteiger partial charge in [0.15, 0.2) is 11.0 Å². The number of para-hydroxylation sites is 2. The summed E-state index contributed by atoms with van der Waals surface area (Å²) in [6.07, 6.45) is 1.66. The minimum atomic E-state index is 0.389. The monoisotopic (exact) mass is 283 g/mol. The molecule has 0 fully saturated rings. The Bertz CT molecular complexity index is 913. The SMILES string of the molecule is CN(C)C=Nc1ccc2c(c1)n(O)c1ccccc1[n+]2=O. The van der Waals surface area contributed by atoms with Crippen LogP contribution < -0.4 is 4.43 Å². The topological polar surface area (TPSA) is 63.7 Å². The third kappa shape index (κ3) is 2.20. The summed E-state index contributed by atoms with van der Waals surface area (Å²) in [6.45, 7) is 0. The molecule has 2 aromatic carbocycles. The van der Waals surface area contributed by atoms with E-state index in [4.69, 9.17) is 0 Å². The molecule has 21 heavy (non-hydrogen) atoms. The fourth-order valence-electron chi connectivity index (χ4n) is 2.19. The van der Waals surface area contributed by atoms with Crippen LogP contribution in [0.1, 0.15) is 0 Å². The molecule has 0 bridgehead atoms. The van der Waals surface area contributed by atoms with Gasteiger partial charge in [-0.3, -0.25) is 0 Å². The minimum absolute atomic E-state index is 0.389. The predicted octanol–water partition coefficient (Wildman–Crippen LogP) is 2.17. The van der Waals surface area contributed by atoms with Gasteiger partial charge in [0.1, 0.15) is 0 Å². The predicted molar refractivity (Wildman–Crippen MR) is 81.8 cm³/mol. The second-order valence-corrected chi connectivity index (χ2v) is 4.98. The van der Waals surface area contributed by atoms with E-state index < -0.39 is 0 Å². The van der Waals surface area contributed by atoms with E-state index >= 15 is 0 Å². The van der Waals surface area contributed by atoms with E-state index in [0.717, 1.165) is 9.16 Å². The van der Waals surface area contributed by atoms with Crippen LogP contribution in [0.2, 0.25) is 0 Å². The van der Waals surface area contributed by atoms with Gasteiger partial charge in [-0.15, -0.1) is 0 Å². The van der Waals surface area contributed by atoms with Crippen LogP contribution in [0.3, 0.4) is 0 Å². The molecule has 0 spiro atoms. The van der Waals surface area contributed by atoms with Crippen molar-refractivity contribution in [2.24, 2.45) is 4.99 Å². The van der Waals surface area contributed by atoms with Gasteiger partial charge < -0.3 is 10.1 Å². The van der Waals surface area contributed by atoms with Crippen molar-refractivity contribution >= 4 is 34.1 Å². The number of aromatic nitrogens is 2. The average molecular weight is 283 g/mol. The maximum atomic E-state index is 12.4. The molecule has 6 heteroatoms. The first kappa shape index (κ1) is 13.1. The Hall–Kier alpha value is -2.89. The van der Waals surface area contributed by atoms with E-state index in [0.29, 0.717) is 27.8 Å². The maximum Gasteiger partial charge on any atom is 0.290 e. The Labute approximate surface area is 120 Å². The zero-order valence-electron chi connectivity index (χ0n) is 11.8. The van der Waals surface area contributed by atoms with Crippen molar-refractivity contribution in [3.05, 3.63) is 47.4 Å². The highest BCUT2D eigenvalue weighted by atomic mass is 16.5. The van der Waals surface area contributed by atoms with Gasteiger partial charge in [0.25, 0.3) is 11.0 Å². The molecule has 3 rings (SSSR count). The second kappa shape index (κ2) is 4.90. The van der Waals surface area contributed by atoms with Crippen molar-refractivity contribution in [1.82, 2.24) is 9.63 Å². The molecule has 0 amide bonds. The molecule has 106 valence electrons. The lowest BCUT2D eigenvalue weighted by atomic mass is 10.2. The first-order valence-corrected chi connectivity index (χ1v) is 6.48. The lowest BCUT2D eigenvalue weighted by Gasteiger charge is -2.04. The van der Waals surface area contributed by atoms with Crippen molar-refractivity contribution in [3.63, 3.8) is 0 Å². The quantitative estimate of drug-likeness (QED) is 0.258. The molecule has 1 N–H and O–H groups in total. The van der Waals surface area contributed by atoms with Crippen molar-refractivity contribution < 1.29 is 9.63 Å². The van der Waals surface area contributed by atoms with Crippen LogP contribution in [-0.2, 0) is 0 Å². The van der Waals surface area contributed by atoms with Crippen LogP contribution in [0.4, 0.5) is 5.69 Å². The van der Waals surface area contributed by atoms with Gasteiger partial charge in [0.2, 0.25) is 0 Å². The largest absolute Gasteiger partial charge is 0.427 e. The maximum absolute atomic E-state index is 12.4. The molecule has 1 aromatic heterocycles. The standard InChI is InChI=1S/C15H15N4O2/c1-17(2)10-16-11-7-8-14-15(9-11)19(21)13-6-4-3-5-12(13)18(14)20/h3-10,21H,1-2H3/q+1. The van der Waals surface area contributed by atoms with Crippen LogP contribution in [0.5, 0.6) is 0 Å². The number of hydrogen-bond donors (Lipinski definition) is 1. The zero-order chi connectivity index (χ0) is 15.0. The summed E-state index contributed by atoms with van der Waals surface area (Å²) in [5.74, 6) is 0. The number of fused-ring (bicyclic) bond motifs is 2. The molecule has 0 aliphatic rings. The Kier molecular flexibility index (Phi) is 3.06.